The fraction of sp³-hybridized carbons (Fsp3) is 0.231. The van der Waals surface area contributed by atoms with Gasteiger partial charge in [0.25, 0.3) is 0 Å². The van der Waals surface area contributed by atoms with E-state index in [1.165, 1.54) is 16.8 Å². The number of hydrogen-bond donors (Lipinski definition) is 2. The van der Waals surface area contributed by atoms with Crippen LogP contribution in [0.25, 0.3) is 5.69 Å². The van der Waals surface area contributed by atoms with Gasteiger partial charge < -0.3 is 11.1 Å². The van der Waals surface area contributed by atoms with Crippen LogP contribution >= 0.6 is 0 Å². The lowest BCUT2D eigenvalue weighted by molar-refractivity contribution is 0.625. The summed E-state index contributed by atoms with van der Waals surface area (Å²) in [6.45, 7) is 3.86. The van der Waals surface area contributed by atoms with Crippen LogP contribution in [-0.4, -0.2) is 15.8 Å². The van der Waals surface area contributed by atoms with Gasteiger partial charge in [-0.1, -0.05) is 6.07 Å². The predicted molar refractivity (Wildman–Crippen MR) is 71.4 cm³/mol. The zero-order valence-electron chi connectivity index (χ0n) is 10.7. The summed E-state index contributed by atoms with van der Waals surface area (Å²) in [6, 6.07) is 8.00. The van der Waals surface area contributed by atoms with Crippen molar-refractivity contribution < 1.29 is 4.39 Å². The third kappa shape index (κ3) is 2.50. The van der Waals surface area contributed by atoms with Crippen molar-refractivity contribution in [1.82, 2.24) is 9.78 Å². The highest BCUT2D eigenvalue weighted by atomic mass is 19.1. The van der Waals surface area contributed by atoms with Gasteiger partial charge in [-0.3, -0.25) is 0 Å². The van der Waals surface area contributed by atoms with Gasteiger partial charge in [-0.25, -0.2) is 9.07 Å². The van der Waals surface area contributed by atoms with Crippen molar-refractivity contribution in [1.29, 1.82) is 5.26 Å². The Morgan fingerprint density at radius 2 is 2.21 bits per heavy atom. The summed E-state index contributed by atoms with van der Waals surface area (Å²) in [5.41, 5.74) is 6.63. The third-order valence-corrected chi connectivity index (χ3v) is 2.51. The minimum atomic E-state index is -0.385. The van der Waals surface area contributed by atoms with Crippen molar-refractivity contribution >= 4 is 11.6 Å². The number of nitrogens with two attached hydrogens (primary N) is 1. The van der Waals surface area contributed by atoms with Crippen LogP contribution in [0.1, 0.15) is 19.4 Å². The zero-order chi connectivity index (χ0) is 14.0. The van der Waals surface area contributed by atoms with Gasteiger partial charge in [0.15, 0.2) is 5.82 Å². The van der Waals surface area contributed by atoms with Crippen molar-refractivity contribution in [3.63, 3.8) is 0 Å². The summed E-state index contributed by atoms with van der Waals surface area (Å²) in [5, 5.41) is 16.4. The maximum absolute atomic E-state index is 13.2. The van der Waals surface area contributed by atoms with Gasteiger partial charge >= 0.3 is 0 Å². The second kappa shape index (κ2) is 4.98. The quantitative estimate of drug-likeness (QED) is 0.886. The van der Waals surface area contributed by atoms with Crippen LogP contribution in [0.15, 0.2) is 24.3 Å². The molecule has 0 spiro atoms. The average Bonchev–Trinajstić information content (AvgIpc) is 2.65. The van der Waals surface area contributed by atoms with Gasteiger partial charge in [0.1, 0.15) is 23.3 Å². The second-order valence-electron chi connectivity index (χ2n) is 4.41. The lowest BCUT2D eigenvalue weighted by Crippen LogP contribution is -2.11. The molecular weight excluding hydrogens is 245 g/mol. The van der Waals surface area contributed by atoms with Crippen molar-refractivity contribution in [3.05, 3.63) is 35.6 Å². The van der Waals surface area contributed by atoms with Gasteiger partial charge in [0, 0.05) is 6.04 Å². The van der Waals surface area contributed by atoms with E-state index in [2.05, 4.69) is 10.4 Å². The Labute approximate surface area is 110 Å². The largest absolute Gasteiger partial charge is 0.382 e. The fourth-order valence-electron chi connectivity index (χ4n) is 1.72. The van der Waals surface area contributed by atoms with E-state index in [0.29, 0.717) is 11.5 Å². The van der Waals surface area contributed by atoms with Gasteiger partial charge in [-0.05, 0) is 32.0 Å². The Morgan fingerprint density at radius 3 is 2.79 bits per heavy atom. The Morgan fingerprint density at radius 1 is 1.47 bits per heavy atom. The van der Waals surface area contributed by atoms with E-state index in [-0.39, 0.29) is 23.2 Å². The molecule has 0 unspecified atom stereocenters. The summed E-state index contributed by atoms with van der Waals surface area (Å²) in [4.78, 5) is 0. The number of anilines is 2. The monoisotopic (exact) mass is 259 g/mol. The number of nitrogens with one attached hydrogen (secondary N) is 1. The molecule has 0 aliphatic carbocycles. The Bertz CT molecular complexity index is 639. The summed E-state index contributed by atoms with van der Waals surface area (Å²) in [5.74, 6) is 0.208. The maximum atomic E-state index is 13.2. The standard InChI is InChI=1S/C13H14FN5/c1-8(2)17-13-11(7-15)12(16)19(18-13)10-5-3-4-9(14)6-10/h3-6,8H,16H2,1-2H3,(H,17,18). The van der Waals surface area contributed by atoms with E-state index >= 15 is 0 Å². The molecule has 3 N–H and O–H groups in total. The highest BCUT2D eigenvalue weighted by Crippen LogP contribution is 2.24. The summed E-state index contributed by atoms with van der Waals surface area (Å²) in [6.07, 6.45) is 0. The Hall–Kier alpha value is -2.55. The van der Waals surface area contributed by atoms with E-state index in [9.17, 15) is 4.39 Å². The van der Waals surface area contributed by atoms with Crippen LogP contribution < -0.4 is 11.1 Å². The molecule has 0 saturated heterocycles. The Balaban J connectivity index is 2.54. The van der Waals surface area contributed by atoms with E-state index in [1.54, 1.807) is 12.1 Å². The molecule has 0 aliphatic rings. The Kier molecular flexibility index (Phi) is 3.38. The summed E-state index contributed by atoms with van der Waals surface area (Å²) < 4.78 is 14.6. The van der Waals surface area contributed by atoms with E-state index in [1.807, 2.05) is 19.9 Å². The molecule has 0 atom stereocenters. The van der Waals surface area contributed by atoms with Crippen molar-refractivity contribution in [3.8, 4) is 11.8 Å². The lowest BCUT2D eigenvalue weighted by Gasteiger charge is -2.06. The van der Waals surface area contributed by atoms with Crippen molar-refractivity contribution in [2.75, 3.05) is 11.1 Å². The number of hydrogen-bond acceptors (Lipinski definition) is 4. The van der Waals surface area contributed by atoms with Gasteiger partial charge in [-0.15, -0.1) is 5.10 Å². The molecule has 0 fully saturated rings. The molecule has 0 bridgehead atoms. The van der Waals surface area contributed by atoms with Crippen LogP contribution in [0, 0.1) is 17.1 Å². The summed E-state index contributed by atoms with van der Waals surface area (Å²) >= 11 is 0. The molecule has 19 heavy (non-hydrogen) atoms. The minimum absolute atomic E-state index is 0.113. The average molecular weight is 259 g/mol. The van der Waals surface area contributed by atoms with Crippen LogP contribution in [0.5, 0.6) is 0 Å². The van der Waals surface area contributed by atoms with Crippen LogP contribution in [-0.2, 0) is 0 Å². The molecule has 2 rings (SSSR count). The highest BCUT2D eigenvalue weighted by Gasteiger charge is 2.17. The molecule has 0 amide bonds. The molecule has 0 saturated carbocycles. The number of nitrogens with zero attached hydrogens (tertiary/aromatic N) is 3. The van der Waals surface area contributed by atoms with Gasteiger partial charge in [0.05, 0.1) is 5.69 Å². The van der Waals surface area contributed by atoms with Crippen LogP contribution in [0.3, 0.4) is 0 Å². The highest BCUT2D eigenvalue weighted by molar-refractivity contribution is 5.66. The first kappa shape index (κ1) is 12.9. The SMILES string of the molecule is CC(C)Nc1nn(-c2cccc(F)c2)c(N)c1C#N. The van der Waals surface area contributed by atoms with E-state index < -0.39 is 0 Å². The molecule has 6 heteroatoms. The topological polar surface area (TPSA) is 79.7 Å². The zero-order valence-corrected chi connectivity index (χ0v) is 10.7. The number of rotatable bonds is 3. The number of halogens is 1. The molecule has 1 aromatic carbocycles. The first-order chi connectivity index (χ1) is 9.02. The van der Waals surface area contributed by atoms with E-state index in [4.69, 9.17) is 11.0 Å². The lowest BCUT2D eigenvalue weighted by atomic mass is 10.3. The maximum Gasteiger partial charge on any atom is 0.168 e. The molecule has 1 heterocycles. The van der Waals surface area contributed by atoms with Crippen LogP contribution in [0.2, 0.25) is 0 Å². The number of benzene rings is 1. The van der Waals surface area contributed by atoms with Crippen molar-refractivity contribution in [2.24, 2.45) is 0 Å². The number of nitriles is 1. The molecule has 98 valence electrons. The molecule has 2 aromatic rings. The second-order valence-corrected chi connectivity index (χ2v) is 4.41. The minimum Gasteiger partial charge on any atom is -0.382 e. The smallest absolute Gasteiger partial charge is 0.168 e. The number of nitrogen functional groups attached to an aromatic ring is 1. The first-order valence-corrected chi connectivity index (χ1v) is 5.84. The van der Waals surface area contributed by atoms with Crippen LogP contribution in [0.4, 0.5) is 16.0 Å². The molecule has 0 aliphatic heterocycles. The number of aromatic nitrogens is 2. The first-order valence-electron chi connectivity index (χ1n) is 5.84. The van der Waals surface area contributed by atoms with Gasteiger partial charge in [0.2, 0.25) is 0 Å². The molecule has 1 aromatic heterocycles. The molecule has 0 radical (unpaired) electrons. The fourth-order valence-corrected chi connectivity index (χ4v) is 1.72. The molecule has 5 nitrogen and oxygen atoms in total. The molecular formula is C13H14FN5. The predicted octanol–water partition coefficient (Wildman–Crippen LogP) is 2.29. The van der Waals surface area contributed by atoms with Gasteiger partial charge in [-0.2, -0.15) is 5.26 Å². The summed E-state index contributed by atoms with van der Waals surface area (Å²) in [7, 11) is 0. The normalized spacial score (nSPS) is 10.5. The third-order valence-electron chi connectivity index (χ3n) is 2.51. The van der Waals surface area contributed by atoms with Crippen molar-refractivity contribution in [2.45, 2.75) is 19.9 Å². The van der Waals surface area contributed by atoms with E-state index in [0.717, 1.165) is 0 Å².